The zero-order chi connectivity index (χ0) is 21.7. The van der Waals surface area contributed by atoms with E-state index in [1.54, 1.807) is 31.0 Å². The second kappa shape index (κ2) is 7.23. The monoisotopic (exact) mass is 447 g/mol. The largest absolute Gasteiger partial charge is 0.333 e. The zero-order valence-electron chi connectivity index (χ0n) is 16.8. The van der Waals surface area contributed by atoms with Crippen LogP contribution in [0.4, 0.5) is 0 Å². The number of nitrogens with zero attached hydrogens (tertiary/aromatic N) is 4. The molecule has 0 radical (unpaired) electrons. The first-order valence-electron chi connectivity index (χ1n) is 9.32. The van der Waals surface area contributed by atoms with Gasteiger partial charge < -0.3 is 0 Å². The van der Waals surface area contributed by atoms with Gasteiger partial charge in [-0.25, -0.2) is 17.9 Å². The average Bonchev–Trinajstić information content (AvgIpc) is 3.07. The molecule has 3 aromatic heterocycles. The molecule has 1 saturated carbocycles. The normalized spacial score (nSPS) is 15.2. The topological polar surface area (TPSA) is 108 Å². The maximum Gasteiger partial charge on any atom is 0.333 e. The third kappa shape index (κ3) is 3.74. The lowest BCUT2D eigenvalue weighted by molar-refractivity contribution is 0.560. The Balaban J connectivity index is 1.90. The van der Waals surface area contributed by atoms with Crippen molar-refractivity contribution in [2.45, 2.75) is 49.5 Å². The van der Waals surface area contributed by atoms with Crippen LogP contribution in [-0.4, -0.2) is 32.9 Å². The minimum Gasteiger partial charge on any atom is -0.275 e. The van der Waals surface area contributed by atoms with E-state index >= 15 is 0 Å². The van der Waals surface area contributed by atoms with E-state index in [4.69, 9.17) is 0 Å². The number of aromatic nitrogens is 4. The molecule has 4 rings (SSSR count). The molecule has 0 aliphatic heterocycles. The van der Waals surface area contributed by atoms with Gasteiger partial charge in [-0.3, -0.25) is 18.6 Å². The quantitative estimate of drug-likeness (QED) is 0.564. The van der Waals surface area contributed by atoms with Gasteiger partial charge in [0.1, 0.15) is 9.04 Å². The van der Waals surface area contributed by atoms with Gasteiger partial charge in [0.25, 0.3) is 15.6 Å². The van der Waals surface area contributed by atoms with E-state index in [1.807, 2.05) is 6.92 Å². The van der Waals surface area contributed by atoms with Gasteiger partial charge in [0.05, 0.1) is 24.7 Å². The van der Waals surface area contributed by atoms with Crippen molar-refractivity contribution >= 4 is 31.6 Å². The number of rotatable bonds is 6. The maximum absolute atomic E-state index is 13.1. The van der Waals surface area contributed by atoms with Crippen LogP contribution in [0.5, 0.6) is 0 Å². The van der Waals surface area contributed by atoms with Crippen molar-refractivity contribution in [2.24, 2.45) is 7.05 Å². The van der Waals surface area contributed by atoms with Crippen LogP contribution in [0.15, 0.2) is 32.3 Å². The summed E-state index contributed by atoms with van der Waals surface area (Å²) >= 11 is 0.912. The first kappa shape index (κ1) is 20.6. The summed E-state index contributed by atoms with van der Waals surface area (Å²) in [4.78, 5) is 26.5. The number of sulfonamides is 1. The fourth-order valence-corrected chi connectivity index (χ4v) is 6.05. The smallest absolute Gasteiger partial charge is 0.275 e. The molecule has 3 aromatic rings. The zero-order valence-corrected chi connectivity index (χ0v) is 18.4. The van der Waals surface area contributed by atoms with Crippen molar-refractivity contribution in [2.75, 3.05) is 0 Å². The molecule has 0 saturated heterocycles. The van der Waals surface area contributed by atoms with Crippen molar-refractivity contribution in [3.8, 4) is 11.8 Å². The van der Waals surface area contributed by atoms with E-state index in [1.165, 1.54) is 10.6 Å². The van der Waals surface area contributed by atoms with Crippen LogP contribution in [0.1, 0.15) is 32.3 Å². The molecule has 1 aliphatic carbocycles. The Morgan fingerprint density at radius 1 is 1.30 bits per heavy atom. The Bertz CT molecular complexity index is 1430. The lowest BCUT2D eigenvalue weighted by Gasteiger charge is -2.10. The van der Waals surface area contributed by atoms with E-state index in [0.717, 1.165) is 28.7 Å². The van der Waals surface area contributed by atoms with Crippen LogP contribution in [0.25, 0.3) is 10.2 Å². The lowest BCUT2D eigenvalue weighted by atomic mass is 10.3. The molecule has 158 valence electrons. The SMILES string of the molecule is CC#CCn1c(=O)n(Cc2cnn(C)c2)c(=O)c2cc(S(=O)(=O)NC3(C)CC3)sc21. The Hall–Kier alpha value is -2.68. The number of hydrogen-bond donors (Lipinski definition) is 1. The number of thiophene rings is 1. The molecular weight excluding hydrogens is 426 g/mol. The first-order valence-corrected chi connectivity index (χ1v) is 11.6. The molecule has 0 atom stereocenters. The fourth-order valence-electron chi connectivity index (χ4n) is 3.15. The van der Waals surface area contributed by atoms with Crippen molar-refractivity contribution in [1.82, 2.24) is 23.6 Å². The summed E-state index contributed by atoms with van der Waals surface area (Å²) in [6.07, 6.45) is 4.84. The highest BCUT2D eigenvalue weighted by molar-refractivity contribution is 7.91. The molecule has 1 aliphatic rings. The Labute approximate surface area is 177 Å². The van der Waals surface area contributed by atoms with Crippen LogP contribution in [0.3, 0.4) is 0 Å². The third-order valence-electron chi connectivity index (χ3n) is 5.03. The lowest BCUT2D eigenvalue weighted by Crippen LogP contribution is -2.39. The van der Waals surface area contributed by atoms with Gasteiger partial charge in [0.2, 0.25) is 0 Å². The van der Waals surface area contributed by atoms with Crippen molar-refractivity contribution in [3.63, 3.8) is 0 Å². The van der Waals surface area contributed by atoms with Gasteiger partial charge in [-0.1, -0.05) is 5.92 Å². The van der Waals surface area contributed by atoms with Gasteiger partial charge in [0.15, 0.2) is 0 Å². The Kier molecular flexibility index (Phi) is 4.96. The van der Waals surface area contributed by atoms with Gasteiger partial charge >= 0.3 is 5.69 Å². The summed E-state index contributed by atoms with van der Waals surface area (Å²) in [7, 11) is -2.05. The highest BCUT2D eigenvalue weighted by atomic mass is 32.2. The predicted octanol–water partition coefficient (Wildman–Crippen LogP) is 0.861. The molecule has 1 fully saturated rings. The van der Waals surface area contributed by atoms with E-state index in [-0.39, 0.29) is 22.7 Å². The molecule has 0 amide bonds. The average molecular weight is 448 g/mol. The van der Waals surface area contributed by atoms with E-state index in [2.05, 4.69) is 21.7 Å². The van der Waals surface area contributed by atoms with Gasteiger partial charge in [-0.15, -0.1) is 17.3 Å². The van der Waals surface area contributed by atoms with Gasteiger partial charge in [-0.2, -0.15) is 5.10 Å². The van der Waals surface area contributed by atoms with E-state index < -0.39 is 26.8 Å². The maximum atomic E-state index is 13.1. The summed E-state index contributed by atoms with van der Waals surface area (Å²) in [5.74, 6) is 5.57. The minimum absolute atomic E-state index is 0.0134. The summed E-state index contributed by atoms with van der Waals surface area (Å²) in [6, 6.07) is 1.35. The predicted molar refractivity (Wildman–Crippen MR) is 114 cm³/mol. The van der Waals surface area contributed by atoms with E-state index in [0.29, 0.717) is 10.4 Å². The number of aryl methyl sites for hydroxylation is 1. The molecule has 0 spiro atoms. The molecule has 9 nitrogen and oxygen atoms in total. The van der Waals surface area contributed by atoms with Crippen molar-refractivity contribution in [3.05, 3.63) is 44.9 Å². The summed E-state index contributed by atoms with van der Waals surface area (Å²) < 4.78 is 32.4. The molecule has 3 heterocycles. The van der Waals surface area contributed by atoms with Gasteiger partial charge in [-0.05, 0) is 32.8 Å². The molecular formula is C19H21N5O4S2. The molecule has 0 bridgehead atoms. The van der Waals surface area contributed by atoms with Crippen LogP contribution in [0, 0.1) is 11.8 Å². The Morgan fingerprint density at radius 2 is 2.03 bits per heavy atom. The molecule has 0 unspecified atom stereocenters. The highest BCUT2D eigenvalue weighted by Crippen LogP contribution is 2.37. The Morgan fingerprint density at radius 3 is 2.63 bits per heavy atom. The molecule has 0 aromatic carbocycles. The number of nitrogens with one attached hydrogen (secondary N) is 1. The summed E-state index contributed by atoms with van der Waals surface area (Å²) in [5.41, 5.74) is -0.819. The van der Waals surface area contributed by atoms with Crippen LogP contribution >= 0.6 is 11.3 Å². The van der Waals surface area contributed by atoms with Crippen molar-refractivity contribution in [1.29, 1.82) is 0 Å². The minimum atomic E-state index is -3.80. The molecule has 11 heteroatoms. The van der Waals surface area contributed by atoms with E-state index in [9.17, 15) is 18.0 Å². The number of hydrogen-bond acceptors (Lipinski definition) is 6. The molecule has 30 heavy (non-hydrogen) atoms. The van der Waals surface area contributed by atoms with Crippen LogP contribution in [-0.2, 0) is 30.2 Å². The molecule has 1 N–H and O–H groups in total. The fraction of sp³-hybridized carbons (Fsp3) is 0.421. The first-order chi connectivity index (χ1) is 14.1. The summed E-state index contributed by atoms with van der Waals surface area (Å²) in [6.45, 7) is 3.59. The number of fused-ring (bicyclic) bond motifs is 1. The summed E-state index contributed by atoms with van der Waals surface area (Å²) in [5, 5.41) is 4.25. The second-order valence-electron chi connectivity index (χ2n) is 7.66. The van der Waals surface area contributed by atoms with Crippen molar-refractivity contribution < 1.29 is 8.42 Å². The third-order valence-corrected chi connectivity index (χ3v) is 8.30. The van der Waals surface area contributed by atoms with Crippen LogP contribution < -0.4 is 16.0 Å². The standard InChI is InChI=1S/C19H21N5O4S2/c1-4-5-8-23-17-14(9-15(29-17)30(27,28)21-19(2)6-7-19)16(25)24(18(23)26)12-13-10-20-22(3)11-13/h9-11,21H,6-8,12H2,1-3H3. The van der Waals surface area contributed by atoms with Crippen LogP contribution in [0.2, 0.25) is 0 Å². The van der Waals surface area contributed by atoms with Gasteiger partial charge in [0, 0.05) is 24.3 Å². The second-order valence-corrected chi connectivity index (χ2v) is 10.6. The highest BCUT2D eigenvalue weighted by Gasteiger charge is 2.41.